The summed E-state index contributed by atoms with van der Waals surface area (Å²) in [5, 5.41) is 7.47. The molecule has 0 aliphatic carbocycles. The molecule has 26 heavy (non-hydrogen) atoms. The Morgan fingerprint density at radius 1 is 1.31 bits per heavy atom. The van der Waals surface area contributed by atoms with Crippen LogP contribution in [0.4, 0.5) is 0 Å². The van der Waals surface area contributed by atoms with Crippen LogP contribution in [0.5, 0.6) is 11.5 Å². The Labute approximate surface area is 154 Å². The number of aromatic nitrogens is 2. The summed E-state index contributed by atoms with van der Waals surface area (Å²) in [6.45, 7) is 6.75. The van der Waals surface area contributed by atoms with Gasteiger partial charge in [0.05, 0.1) is 19.3 Å². The highest BCUT2D eigenvalue weighted by Gasteiger charge is 2.24. The molecule has 1 aromatic carbocycles. The van der Waals surface area contributed by atoms with Crippen molar-refractivity contribution in [1.29, 1.82) is 0 Å². The van der Waals surface area contributed by atoms with E-state index in [1.165, 1.54) is 0 Å². The van der Waals surface area contributed by atoms with Crippen molar-refractivity contribution in [3.05, 3.63) is 35.5 Å². The van der Waals surface area contributed by atoms with Crippen LogP contribution in [0.2, 0.25) is 0 Å². The summed E-state index contributed by atoms with van der Waals surface area (Å²) in [6, 6.07) is 5.93. The maximum Gasteiger partial charge on any atom is 0.250 e. The van der Waals surface area contributed by atoms with Crippen molar-refractivity contribution in [3.63, 3.8) is 0 Å². The minimum atomic E-state index is 0.0921. The molecule has 0 bridgehead atoms. The van der Waals surface area contributed by atoms with Gasteiger partial charge in [-0.1, -0.05) is 11.2 Å². The lowest BCUT2D eigenvalue weighted by Crippen LogP contribution is -2.44. The number of nitrogens with zero attached hydrogens (tertiary/aromatic N) is 3. The molecule has 1 atom stereocenters. The molecule has 2 heterocycles. The molecule has 7 heteroatoms. The summed E-state index contributed by atoms with van der Waals surface area (Å²) in [7, 11) is 3.71. The van der Waals surface area contributed by atoms with Crippen LogP contribution in [0.25, 0.3) is 12.2 Å². The SMILES string of the molecule is COc1cc(/C=C/c2nc(C3CNCCN3C)no2)ccc1OC(C)C. The van der Waals surface area contributed by atoms with Crippen LogP contribution in [0.15, 0.2) is 22.7 Å². The van der Waals surface area contributed by atoms with E-state index in [9.17, 15) is 0 Å². The molecule has 1 fully saturated rings. The zero-order chi connectivity index (χ0) is 18.5. The van der Waals surface area contributed by atoms with Gasteiger partial charge in [0.15, 0.2) is 17.3 Å². The predicted molar refractivity (Wildman–Crippen MR) is 100 cm³/mol. The third kappa shape index (κ3) is 4.42. The molecular weight excluding hydrogens is 332 g/mol. The van der Waals surface area contributed by atoms with Crippen molar-refractivity contribution in [1.82, 2.24) is 20.4 Å². The van der Waals surface area contributed by atoms with Gasteiger partial charge in [0, 0.05) is 25.7 Å². The molecule has 2 aromatic rings. The highest BCUT2D eigenvalue weighted by molar-refractivity contribution is 5.67. The first-order valence-electron chi connectivity index (χ1n) is 8.84. The van der Waals surface area contributed by atoms with E-state index in [0.717, 1.165) is 30.9 Å². The van der Waals surface area contributed by atoms with Crippen LogP contribution in [-0.2, 0) is 0 Å². The number of hydrogen-bond donors (Lipinski definition) is 1. The molecule has 3 rings (SSSR count). The van der Waals surface area contributed by atoms with Crippen LogP contribution >= 0.6 is 0 Å². The number of nitrogens with one attached hydrogen (secondary N) is 1. The van der Waals surface area contributed by atoms with E-state index in [1.54, 1.807) is 7.11 Å². The van der Waals surface area contributed by atoms with E-state index in [2.05, 4.69) is 27.4 Å². The topological polar surface area (TPSA) is 72.7 Å². The highest BCUT2D eigenvalue weighted by atomic mass is 16.5. The standard InChI is InChI=1S/C19H26N4O3/c1-13(2)25-16-7-5-14(11-17(16)24-4)6-8-18-21-19(22-26-18)15-12-20-9-10-23(15)3/h5-8,11,13,15,20H,9-10,12H2,1-4H3/b8-6+. The Hall–Kier alpha value is -2.38. The number of piperazine rings is 1. The Morgan fingerprint density at radius 3 is 2.88 bits per heavy atom. The fourth-order valence-corrected chi connectivity index (χ4v) is 2.85. The summed E-state index contributed by atoms with van der Waals surface area (Å²) < 4.78 is 16.5. The minimum Gasteiger partial charge on any atom is -0.493 e. The largest absolute Gasteiger partial charge is 0.493 e. The van der Waals surface area contributed by atoms with Crippen molar-refractivity contribution in [2.45, 2.75) is 26.0 Å². The Morgan fingerprint density at radius 2 is 2.15 bits per heavy atom. The zero-order valence-electron chi connectivity index (χ0n) is 15.7. The molecule has 0 radical (unpaired) electrons. The summed E-state index contributed by atoms with van der Waals surface area (Å²) in [5.74, 6) is 2.62. The molecule has 1 aliphatic rings. The van der Waals surface area contributed by atoms with Gasteiger partial charge in [-0.25, -0.2) is 0 Å². The van der Waals surface area contributed by atoms with Crippen LogP contribution < -0.4 is 14.8 Å². The van der Waals surface area contributed by atoms with Crippen LogP contribution in [-0.4, -0.2) is 54.9 Å². The van der Waals surface area contributed by atoms with Crippen LogP contribution in [0.3, 0.4) is 0 Å². The van der Waals surface area contributed by atoms with Gasteiger partial charge in [0.2, 0.25) is 0 Å². The quantitative estimate of drug-likeness (QED) is 0.851. The number of methoxy groups -OCH3 is 1. The molecule has 1 saturated heterocycles. The van der Waals surface area contributed by atoms with Crippen molar-refractivity contribution < 1.29 is 14.0 Å². The number of ether oxygens (including phenoxy) is 2. The maximum absolute atomic E-state index is 5.73. The van der Waals surface area contributed by atoms with Gasteiger partial charge in [-0.05, 0) is 44.7 Å². The summed E-state index contributed by atoms with van der Waals surface area (Å²) in [6.07, 6.45) is 3.82. The first-order valence-corrected chi connectivity index (χ1v) is 8.84. The van der Waals surface area contributed by atoms with Crippen molar-refractivity contribution in [2.75, 3.05) is 33.8 Å². The second-order valence-corrected chi connectivity index (χ2v) is 6.60. The Bertz CT molecular complexity index is 757. The van der Waals surface area contributed by atoms with Gasteiger partial charge in [0.25, 0.3) is 5.89 Å². The van der Waals surface area contributed by atoms with E-state index in [-0.39, 0.29) is 12.1 Å². The molecule has 7 nitrogen and oxygen atoms in total. The van der Waals surface area contributed by atoms with Gasteiger partial charge >= 0.3 is 0 Å². The first-order chi connectivity index (χ1) is 12.6. The normalized spacial score (nSPS) is 18.6. The minimum absolute atomic E-state index is 0.0921. The molecule has 140 valence electrons. The molecule has 0 saturated carbocycles. The Balaban J connectivity index is 1.72. The molecule has 0 amide bonds. The number of rotatable bonds is 6. The third-order valence-corrected chi connectivity index (χ3v) is 4.24. The van der Waals surface area contributed by atoms with Crippen molar-refractivity contribution in [3.8, 4) is 11.5 Å². The van der Waals surface area contributed by atoms with E-state index in [4.69, 9.17) is 14.0 Å². The molecule has 1 aromatic heterocycles. The lowest BCUT2D eigenvalue weighted by Gasteiger charge is -2.30. The molecule has 1 N–H and O–H groups in total. The monoisotopic (exact) mass is 358 g/mol. The van der Waals surface area contributed by atoms with Crippen molar-refractivity contribution in [2.24, 2.45) is 0 Å². The molecule has 1 unspecified atom stereocenters. The first kappa shape index (κ1) is 18.4. The second kappa shape index (κ2) is 8.33. The summed E-state index contributed by atoms with van der Waals surface area (Å²) in [5.41, 5.74) is 0.967. The predicted octanol–water partition coefficient (Wildman–Crippen LogP) is 2.61. The van der Waals surface area contributed by atoms with E-state index < -0.39 is 0 Å². The Kier molecular flexibility index (Phi) is 5.90. The number of likely N-dealkylation sites (N-methyl/N-ethyl adjacent to an activating group) is 1. The van der Waals surface area contributed by atoms with Gasteiger partial charge in [0.1, 0.15) is 0 Å². The lowest BCUT2D eigenvalue weighted by atomic mass is 10.2. The third-order valence-electron chi connectivity index (χ3n) is 4.24. The number of benzene rings is 1. The van der Waals surface area contributed by atoms with E-state index >= 15 is 0 Å². The summed E-state index contributed by atoms with van der Waals surface area (Å²) >= 11 is 0. The number of hydrogen-bond acceptors (Lipinski definition) is 7. The van der Waals surface area contributed by atoms with Gasteiger partial charge in [-0.2, -0.15) is 4.98 Å². The molecule has 1 aliphatic heterocycles. The average Bonchev–Trinajstić information content (AvgIpc) is 3.09. The zero-order valence-corrected chi connectivity index (χ0v) is 15.7. The van der Waals surface area contributed by atoms with E-state index in [0.29, 0.717) is 17.5 Å². The fourth-order valence-electron chi connectivity index (χ4n) is 2.85. The maximum atomic E-state index is 5.73. The van der Waals surface area contributed by atoms with Gasteiger partial charge in [-0.3, -0.25) is 4.90 Å². The van der Waals surface area contributed by atoms with Crippen LogP contribution in [0, 0.1) is 0 Å². The van der Waals surface area contributed by atoms with Gasteiger partial charge < -0.3 is 19.3 Å². The van der Waals surface area contributed by atoms with Crippen molar-refractivity contribution >= 4 is 12.2 Å². The summed E-state index contributed by atoms with van der Waals surface area (Å²) in [4.78, 5) is 6.73. The fraction of sp³-hybridized carbons (Fsp3) is 0.474. The lowest BCUT2D eigenvalue weighted by molar-refractivity contribution is 0.190. The highest BCUT2D eigenvalue weighted by Crippen LogP contribution is 2.29. The van der Waals surface area contributed by atoms with Gasteiger partial charge in [-0.15, -0.1) is 0 Å². The second-order valence-electron chi connectivity index (χ2n) is 6.60. The van der Waals surface area contributed by atoms with Crippen LogP contribution in [0.1, 0.15) is 37.2 Å². The van der Waals surface area contributed by atoms with E-state index in [1.807, 2.05) is 44.2 Å². The smallest absolute Gasteiger partial charge is 0.250 e. The average molecular weight is 358 g/mol. The molecule has 0 spiro atoms. The molecular formula is C19H26N4O3.